The molecule has 1 saturated heterocycles. The first-order valence-electron chi connectivity index (χ1n) is 4.94. The van der Waals surface area contributed by atoms with Crippen molar-refractivity contribution in [3.63, 3.8) is 0 Å². The lowest BCUT2D eigenvalue weighted by atomic mass is 9.99. The number of aliphatic hydroxyl groups is 4. The van der Waals surface area contributed by atoms with Crippen LogP contribution in [0.3, 0.4) is 0 Å². The number of ether oxygens (including phenoxy) is 2. The highest BCUT2D eigenvalue weighted by atomic mass is 16.6. The van der Waals surface area contributed by atoms with Crippen LogP contribution in [0.4, 0.5) is 0 Å². The highest BCUT2D eigenvalue weighted by Gasteiger charge is 2.42. The first kappa shape index (κ1) is 14.8. The smallest absolute Gasteiger partial charge is 0.184 e. The Kier molecular flexibility index (Phi) is 6.99. The van der Waals surface area contributed by atoms with Gasteiger partial charge >= 0.3 is 0 Å². The van der Waals surface area contributed by atoms with Gasteiger partial charge in [0.15, 0.2) is 6.29 Å². The normalized spacial score (nSPS) is 40.6. The van der Waals surface area contributed by atoms with Crippen LogP contribution in [0.25, 0.3) is 0 Å². The van der Waals surface area contributed by atoms with Crippen LogP contribution in [0.15, 0.2) is 0 Å². The van der Waals surface area contributed by atoms with Gasteiger partial charge in [-0.15, -0.1) is 0 Å². The molecule has 1 aliphatic rings. The van der Waals surface area contributed by atoms with Gasteiger partial charge in [0, 0.05) is 7.11 Å². The zero-order valence-electron chi connectivity index (χ0n) is 9.20. The molecule has 4 N–H and O–H groups in total. The molecule has 1 heterocycles. The summed E-state index contributed by atoms with van der Waals surface area (Å²) in [5.74, 6) is 0. The van der Waals surface area contributed by atoms with Crippen molar-refractivity contribution in [2.75, 3.05) is 13.7 Å². The molecule has 92 valence electrons. The fraction of sp³-hybridized carbons (Fsp3) is 1.00. The van der Waals surface area contributed by atoms with Crippen molar-refractivity contribution in [2.24, 2.45) is 0 Å². The second-order valence-electron chi connectivity index (χ2n) is 2.99. The van der Waals surface area contributed by atoms with E-state index < -0.39 is 30.7 Å². The number of aliphatic hydroxyl groups excluding tert-OH is 4. The van der Waals surface area contributed by atoms with Crippen LogP contribution in [-0.2, 0) is 9.47 Å². The van der Waals surface area contributed by atoms with Crippen LogP contribution >= 0.6 is 0 Å². The van der Waals surface area contributed by atoms with Gasteiger partial charge in [-0.05, 0) is 0 Å². The molecule has 0 amide bonds. The number of methoxy groups -OCH3 is 1. The van der Waals surface area contributed by atoms with Crippen molar-refractivity contribution in [3.05, 3.63) is 0 Å². The average Bonchev–Trinajstić information content (AvgIpc) is 2.26. The Morgan fingerprint density at radius 2 is 1.53 bits per heavy atom. The minimum Gasteiger partial charge on any atom is -0.387 e. The minimum absolute atomic E-state index is 0.0437. The summed E-state index contributed by atoms with van der Waals surface area (Å²) in [5, 5.41) is 36.7. The van der Waals surface area contributed by atoms with Crippen molar-refractivity contribution in [2.45, 2.75) is 44.6 Å². The van der Waals surface area contributed by atoms with Crippen molar-refractivity contribution in [1.29, 1.82) is 0 Å². The van der Waals surface area contributed by atoms with Crippen molar-refractivity contribution < 1.29 is 29.9 Å². The molecule has 1 aliphatic heterocycles. The van der Waals surface area contributed by atoms with Crippen molar-refractivity contribution in [3.8, 4) is 0 Å². The highest BCUT2D eigenvalue weighted by molar-refractivity contribution is 4.88. The number of hydrogen-bond donors (Lipinski definition) is 4. The van der Waals surface area contributed by atoms with E-state index in [0.717, 1.165) is 0 Å². The maximum Gasteiger partial charge on any atom is 0.184 e. The topological polar surface area (TPSA) is 99.4 Å². The predicted octanol–water partition coefficient (Wildman–Crippen LogP) is -1.54. The maximum atomic E-state index is 9.33. The lowest BCUT2D eigenvalue weighted by Crippen LogP contribution is -2.58. The molecule has 0 saturated carbocycles. The molecule has 0 aliphatic carbocycles. The summed E-state index contributed by atoms with van der Waals surface area (Å²) in [4.78, 5) is 0. The Labute approximate surface area is 89.1 Å². The SMILES string of the molecule is CC.COC[C@H]1O[C@@H](O)[C@H](O)[C@@H](O)[C@@H]1O. The third kappa shape index (κ3) is 3.67. The van der Waals surface area contributed by atoms with Gasteiger partial charge in [0.2, 0.25) is 0 Å². The Balaban J connectivity index is 0.000000921. The molecule has 1 fully saturated rings. The van der Waals surface area contributed by atoms with Crippen LogP contribution < -0.4 is 0 Å². The largest absolute Gasteiger partial charge is 0.387 e. The van der Waals surface area contributed by atoms with Gasteiger partial charge in [0.05, 0.1) is 6.61 Å². The monoisotopic (exact) mass is 224 g/mol. The van der Waals surface area contributed by atoms with E-state index in [9.17, 15) is 10.2 Å². The van der Waals surface area contributed by atoms with Crippen LogP contribution in [0.5, 0.6) is 0 Å². The van der Waals surface area contributed by atoms with E-state index in [0.29, 0.717) is 0 Å². The summed E-state index contributed by atoms with van der Waals surface area (Å²) in [6.07, 6.45) is -6.46. The third-order valence-corrected chi connectivity index (χ3v) is 2.02. The predicted molar refractivity (Wildman–Crippen MR) is 52.1 cm³/mol. The second-order valence-corrected chi connectivity index (χ2v) is 2.99. The van der Waals surface area contributed by atoms with Gasteiger partial charge in [-0.1, -0.05) is 13.8 Å². The van der Waals surface area contributed by atoms with E-state index in [1.165, 1.54) is 7.11 Å². The molecule has 1 rings (SSSR count). The summed E-state index contributed by atoms with van der Waals surface area (Å²) in [6, 6.07) is 0. The molecule has 5 atom stereocenters. The molecule has 0 bridgehead atoms. The van der Waals surface area contributed by atoms with E-state index in [4.69, 9.17) is 19.7 Å². The van der Waals surface area contributed by atoms with E-state index in [-0.39, 0.29) is 6.61 Å². The lowest BCUT2D eigenvalue weighted by molar-refractivity contribution is -0.287. The highest BCUT2D eigenvalue weighted by Crippen LogP contribution is 2.19. The Bertz CT molecular complexity index is 165. The van der Waals surface area contributed by atoms with Crippen molar-refractivity contribution >= 4 is 0 Å². The lowest BCUT2D eigenvalue weighted by Gasteiger charge is -2.37. The van der Waals surface area contributed by atoms with Gasteiger partial charge in [0.1, 0.15) is 24.4 Å². The van der Waals surface area contributed by atoms with Crippen LogP contribution in [0.2, 0.25) is 0 Å². The Morgan fingerprint density at radius 1 is 1.00 bits per heavy atom. The summed E-state index contributed by atoms with van der Waals surface area (Å²) in [5.41, 5.74) is 0. The quantitative estimate of drug-likeness (QED) is 0.453. The molecule has 0 aromatic carbocycles. The molecular weight excluding hydrogens is 204 g/mol. The molecule has 0 unspecified atom stereocenters. The van der Waals surface area contributed by atoms with E-state index in [1.807, 2.05) is 13.8 Å². The van der Waals surface area contributed by atoms with Crippen LogP contribution in [0, 0.1) is 0 Å². The second kappa shape index (κ2) is 7.10. The third-order valence-electron chi connectivity index (χ3n) is 2.02. The molecule has 0 aromatic heterocycles. The van der Waals surface area contributed by atoms with Gasteiger partial charge in [-0.25, -0.2) is 0 Å². The maximum absolute atomic E-state index is 9.33. The Morgan fingerprint density at radius 3 is 2.00 bits per heavy atom. The zero-order valence-corrected chi connectivity index (χ0v) is 9.20. The zero-order chi connectivity index (χ0) is 12.0. The molecule has 0 radical (unpaired) electrons. The van der Waals surface area contributed by atoms with Gasteiger partial charge < -0.3 is 29.9 Å². The van der Waals surface area contributed by atoms with E-state index >= 15 is 0 Å². The van der Waals surface area contributed by atoms with Gasteiger partial charge in [-0.3, -0.25) is 0 Å². The van der Waals surface area contributed by atoms with Crippen molar-refractivity contribution in [1.82, 2.24) is 0 Å². The summed E-state index contributed by atoms with van der Waals surface area (Å²) >= 11 is 0. The molecule has 6 heteroatoms. The number of rotatable bonds is 2. The van der Waals surface area contributed by atoms with E-state index in [2.05, 4.69) is 0 Å². The summed E-state index contributed by atoms with van der Waals surface area (Å²) in [6.45, 7) is 4.04. The first-order valence-corrected chi connectivity index (χ1v) is 4.94. The fourth-order valence-corrected chi connectivity index (χ4v) is 1.23. The van der Waals surface area contributed by atoms with E-state index in [1.54, 1.807) is 0 Å². The van der Waals surface area contributed by atoms with Crippen LogP contribution in [-0.4, -0.2) is 64.8 Å². The average molecular weight is 224 g/mol. The minimum atomic E-state index is -1.49. The molecular formula is C9H20O6. The number of hydrogen-bond acceptors (Lipinski definition) is 6. The molecule has 0 aromatic rings. The Hall–Kier alpha value is -0.240. The molecule has 0 spiro atoms. The fourth-order valence-electron chi connectivity index (χ4n) is 1.23. The molecule has 6 nitrogen and oxygen atoms in total. The summed E-state index contributed by atoms with van der Waals surface area (Å²) < 4.78 is 9.49. The standard InChI is InChI=1S/C7H14O6.C2H6/c1-12-2-3-4(8)5(9)6(10)7(11)13-3;1-2/h3-11H,2H2,1H3;1-2H3/t3-,4-,5+,6-,7-;/m1./s1. The summed E-state index contributed by atoms with van der Waals surface area (Å²) in [7, 11) is 1.40. The first-order chi connectivity index (χ1) is 7.07. The van der Waals surface area contributed by atoms with Crippen LogP contribution in [0.1, 0.15) is 13.8 Å². The van der Waals surface area contributed by atoms with Gasteiger partial charge in [-0.2, -0.15) is 0 Å². The molecule has 15 heavy (non-hydrogen) atoms. The van der Waals surface area contributed by atoms with Gasteiger partial charge in [0.25, 0.3) is 0 Å².